The summed E-state index contributed by atoms with van der Waals surface area (Å²) in [5.41, 5.74) is 2.10. The van der Waals surface area contributed by atoms with E-state index in [1.807, 2.05) is 17.0 Å². The Morgan fingerprint density at radius 2 is 1.73 bits per heavy atom. The first-order valence-electron chi connectivity index (χ1n) is 10.1. The molecule has 1 heterocycles. The average Bonchev–Trinajstić information content (AvgIpc) is 3.46. The molecule has 26 heavy (non-hydrogen) atoms. The maximum atomic E-state index is 12.7. The molecule has 1 N–H and O–H groups in total. The van der Waals surface area contributed by atoms with Crippen molar-refractivity contribution in [1.82, 2.24) is 10.2 Å². The lowest BCUT2D eigenvalue weighted by molar-refractivity contribution is -0.131. The van der Waals surface area contributed by atoms with E-state index in [2.05, 4.69) is 31.3 Å². The number of nitrogens with one attached hydrogen (secondary N) is 1. The lowest BCUT2D eigenvalue weighted by Crippen LogP contribution is -2.44. The van der Waals surface area contributed by atoms with Crippen molar-refractivity contribution in [3.05, 3.63) is 35.4 Å². The number of likely N-dealkylation sites (tertiary alicyclic amines) is 1. The van der Waals surface area contributed by atoms with Gasteiger partial charge in [-0.3, -0.25) is 9.59 Å². The highest BCUT2D eigenvalue weighted by atomic mass is 16.2. The standard InChI is InChI=1S/C22H32N2O2/c1-16(2)13-17-5-7-19(8-6-17)22(26)20-9-11-24(12-10-20)21(25)15-23-14-18-3-4-18/h5-8,16,18,20,23H,3-4,9-15H2,1-2H3. The third-order valence-electron chi connectivity index (χ3n) is 5.51. The summed E-state index contributed by atoms with van der Waals surface area (Å²) in [5.74, 6) is 1.87. The monoisotopic (exact) mass is 356 g/mol. The number of benzene rings is 1. The molecule has 1 amide bonds. The summed E-state index contributed by atoms with van der Waals surface area (Å²) in [4.78, 5) is 26.9. The van der Waals surface area contributed by atoms with Crippen LogP contribution in [0.3, 0.4) is 0 Å². The van der Waals surface area contributed by atoms with E-state index in [4.69, 9.17) is 0 Å². The number of nitrogens with zero attached hydrogens (tertiary/aromatic N) is 1. The van der Waals surface area contributed by atoms with Gasteiger partial charge in [0.1, 0.15) is 0 Å². The molecule has 0 unspecified atom stereocenters. The molecule has 1 aromatic rings. The molecule has 4 nitrogen and oxygen atoms in total. The van der Waals surface area contributed by atoms with Gasteiger partial charge in [-0.05, 0) is 56.0 Å². The van der Waals surface area contributed by atoms with Gasteiger partial charge in [0, 0.05) is 24.6 Å². The van der Waals surface area contributed by atoms with Crippen molar-refractivity contribution in [2.75, 3.05) is 26.2 Å². The normalized spacial score (nSPS) is 18.3. The number of Topliss-reactive ketones (excluding diaryl/α,β-unsaturated/α-hetero) is 1. The topological polar surface area (TPSA) is 49.4 Å². The number of rotatable bonds is 8. The SMILES string of the molecule is CC(C)Cc1ccc(C(=O)C2CCN(C(=O)CNCC3CC3)CC2)cc1. The zero-order chi connectivity index (χ0) is 18.5. The first-order valence-corrected chi connectivity index (χ1v) is 10.1. The summed E-state index contributed by atoms with van der Waals surface area (Å²) in [6, 6.07) is 8.10. The van der Waals surface area contributed by atoms with Gasteiger partial charge in [-0.25, -0.2) is 0 Å². The maximum Gasteiger partial charge on any atom is 0.236 e. The Balaban J connectivity index is 1.44. The summed E-state index contributed by atoms with van der Waals surface area (Å²) in [7, 11) is 0. The number of carbonyl (C=O) groups excluding carboxylic acids is 2. The van der Waals surface area contributed by atoms with Gasteiger partial charge in [0.05, 0.1) is 6.54 Å². The highest BCUT2D eigenvalue weighted by Crippen LogP contribution is 2.27. The first-order chi connectivity index (χ1) is 12.5. The molecule has 0 aromatic heterocycles. The molecule has 4 heteroatoms. The number of piperidine rings is 1. The third kappa shape index (κ3) is 5.41. The number of hydrogen-bond acceptors (Lipinski definition) is 3. The number of hydrogen-bond donors (Lipinski definition) is 1. The van der Waals surface area contributed by atoms with Gasteiger partial charge < -0.3 is 10.2 Å². The van der Waals surface area contributed by atoms with E-state index in [0.717, 1.165) is 37.3 Å². The van der Waals surface area contributed by atoms with Crippen LogP contribution in [0.2, 0.25) is 0 Å². The van der Waals surface area contributed by atoms with Crippen LogP contribution >= 0.6 is 0 Å². The lowest BCUT2D eigenvalue weighted by Gasteiger charge is -2.31. The van der Waals surface area contributed by atoms with E-state index in [-0.39, 0.29) is 17.6 Å². The quantitative estimate of drug-likeness (QED) is 0.727. The fourth-order valence-electron chi connectivity index (χ4n) is 3.72. The predicted molar refractivity (Wildman–Crippen MR) is 104 cm³/mol. The van der Waals surface area contributed by atoms with E-state index >= 15 is 0 Å². The van der Waals surface area contributed by atoms with Crippen LogP contribution in [-0.2, 0) is 11.2 Å². The molecule has 2 aliphatic rings. The summed E-state index contributed by atoms with van der Waals surface area (Å²) in [5, 5.41) is 3.26. The Hall–Kier alpha value is -1.68. The molecule has 3 rings (SSSR count). The van der Waals surface area contributed by atoms with Gasteiger partial charge in [-0.15, -0.1) is 0 Å². The molecular formula is C22H32N2O2. The van der Waals surface area contributed by atoms with Crippen molar-refractivity contribution in [2.45, 2.75) is 46.0 Å². The Morgan fingerprint density at radius 3 is 2.31 bits per heavy atom. The van der Waals surface area contributed by atoms with E-state index in [9.17, 15) is 9.59 Å². The highest BCUT2D eigenvalue weighted by Gasteiger charge is 2.28. The van der Waals surface area contributed by atoms with Crippen LogP contribution in [0.1, 0.15) is 55.5 Å². The van der Waals surface area contributed by atoms with Crippen molar-refractivity contribution in [3.63, 3.8) is 0 Å². The Kier molecular flexibility index (Phi) is 6.47. The van der Waals surface area contributed by atoms with Crippen molar-refractivity contribution in [1.29, 1.82) is 0 Å². The van der Waals surface area contributed by atoms with Crippen LogP contribution in [0, 0.1) is 17.8 Å². The van der Waals surface area contributed by atoms with Gasteiger partial charge in [0.15, 0.2) is 5.78 Å². The lowest BCUT2D eigenvalue weighted by atomic mass is 9.88. The van der Waals surface area contributed by atoms with Crippen LogP contribution in [0.4, 0.5) is 0 Å². The van der Waals surface area contributed by atoms with E-state index in [1.165, 1.54) is 18.4 Å². The van der Waals surface area contributed by atoms with Gasteiger partial charge in [-0.1, -0.05) is 38.1 Å². The average molecular weight is 357 g/mol. The number of carbonyl (C=O) groups is 2. The minimum atomic E-state index is 0.0504. The molecule has 0 spiro atoms. The molecule has 1 aromatic carbocycles. The van der Waals surface area contributed by atoms with E-state index < -0.39 is 0 Å². The number of ketones is 1. The van der Waals surface area contributed by atoms with E-state index in [1.54, 1.807) is 0 Å². The predicted octanol–water partition coefficient (Wildman–Crippen LogP) is 3.31. The zero-order valence-corrected chi connectivity index (χ0v) is 16.2. The molecule has 1 saturated carbocycles. The molecule has 1 aliphatic carbocycles. The molecule has 2 fully saturated rings. The van der Waals surface area contributed by atoms with Crippen LogP contribution in [0.5, 0.6) is 0 Å². The van der Waals surface area contributed by atoms with Crippen LogP contribution < -0.4 is 5.32 Å². The molecule has 142 valence electrons. The summed E-state index contributed by atoms with van der Waals surface area (Å²) in [6.45, 7) is 7.21. The summed E-state index contributed by atoms with van der Waals surface area (Å²) in [6.07, 6.45) is 5.20. The maximum absolute atomic E-state index is 12.7. The fourth-order valence-corrected chi connectivity index (χ4v) is 3.72. The van der Waals surface area contributed by atoms with Crippen molar-refractivity contribution in [3.8, 4) is 0 Å². The second kappa shape index (κ2) is 8.81. The number of amides is 1. The first kappa shape index (κ1) is 19.1. The van der Waals surface area contributed by atoms with Crippen LogP contribution in [-0.4, -0.2) is 42.8 Å². The highest BCUT2D eigenvalue weighted by molar-refractivity contribution is 5.98. The van der Waals surface area contributed by atoms with Crippen molar-refractivity contribution < 1.29 is 9.59 Å². The largest absolute Gasteiger partial charge is 0.342 e. The van der Waals surface area contributed by atoms with Crippen molar-refractivity contribution >= 4 is 11.7 Å². The summed E-state index contributed by atoms with van der Waals surface area (Å²) < 4.78 is 0. The second-order valence-corrected chi connectivity index (χ2v) is 8.39. The Morgan fingerprint density at radius 1 is 1.08 bits per heavy atom. The zero-order valence-electron chi connectivity index (χ0n) is 16.2. The molecule has 1 saturated heterocycles. The van der Waals surface area contributed by atoms with Gasteiger partial charge in [-0.2, -0.15) is 0 Å². The minimum Gasteiger partial charge on any atom is -0.342 e. The van der Waals surface area contributed by atoms with Crippen LogP contribution in [0.25, 0.3) is 0 Å². The minimum absolute atomic E-state index is 0.0504. The molecule has 0 radical (unpaired) electrons. The molecule has 0 bridgehead atoms. The van der Waals surface area contributed by atoms with Gasteiger partial charge in [0.25, 0.3) is 0 Å². The van der Waals surface area contributed by atoms with Crippen LogP contribution in [0.15, 0.2) is 24.3 Å². The molecule has 1 aliphatic heterocycles. The third-order valence-corrected chi connectivity index (χ3v) is 5.51. The summed E-state index contributed by atoms with van der Waals surface area (Å²) >= 11 is 0. The van der Waals surface area contributed by atoms with E-state index in [0.29, 0.717) is 25.6 Å². The van der Waals surface area contributed by atoms with Crippen molar-refractivity contribution in [2.24, 2.45) is 17.8 Å². The smallest absolute Gasteiger partial charge is 0.236 e. The Labute approximate surface area is 157 Å². The molecular weight excluding hydrogens is 324 g/mol. The molecule has 0 atom stereocenters. The Bertz CT molecular complexity index is 612. The van der Waals surface area contributed by atoms with Gasteiger partial charge in [0.2, 0.25) is 5.91 Å². The second-order valence-electron chi connectivity index (χ2n) is 8.39. The fraction of sp³-hybridized carbons (Fsp3) is 0.636. The van der Waals surface area contributed by atoms with Gasteiger partial charge >= 0.3 is 0 Å².